The van der Waals surface area contributed by atoms with E-state index in [4.69, 9.17) is 15.6 Å². The van der Waals surface area contributed by atoms with Crippen molar-refractivity contribution in [2.24, 2.45) is 0 Å². The Morgan fingerprint density at radius 3 is 2.41 bits per heavy atom. The first-order valence-electron chi connectivity index (χ1n) is 8.69. The summed E-state index contributed by atoms with van der Waals surface area (Å²) in [7, 11) is -4.42. The number of ether oxygens (including phenoxy) is 1. The highest BCUT2D eigenvalue weighted by molar-refractivity contribution is 7.92. The number of alkyl halides is 3. The number of carbonyl (C=O) groups is 1. The molecule has 0 aliphatic carbocycles. The molecular weight excluding hydrogens is 458 g/mol. The summed E-state index contributed by atoms with van der Waals surface area (Å²) in [5.41, 5.74) is 4.09. The number of anilines is 2. The van der Waals surface area contributed by atoms with Gasteiger partial charge in [0.1, 0.15) is 11.5 Å². The lowest BCUT2D eigenvalue weighted by molar-refractivity contribution is -0.138. The van der Waals surface area contributed by atoms with E-state index in [0.717, 1.165) is 16.6 Å². The van der Waals surface area contributed by atoms with E-state index in [0.29, 0.717) is 12.3 Å². The lowest BCUT2D eigenvalue weighted by Crippen LogP contribution is -2.38. The number of aliphatic carboxylic acids is 1. The van der Waals surface area contributed by atoms with Gasteiger partial charge >= 0.3 is 12.1 Å². The van der Waals surface area contributed by atoms with Gasteiger partial charge in [0.15, 0.2) is 11.6 Å². The number of carboxylic acid groups (broad SMARTS) is 1. The monoisotopic (exact) mass is 477 g/mol. The summed E-state index contributed by atoms with van der Waals surface area (Å²) in [6, 6.07) is 2.61. The molecule has 0 saturated heterocycles. The molecule has 3 rings (SSSR count). The minimum Gasteiger partial charge on any atom is -0.486 e. The molecule has 0 atom stereocenters. The van der Waals surface area contributed by atoms with Gasteiger partial charge in [-0.15, -0.1) is 12.8 Å². The zero-order valence-corrected chi connectivity index (χ0v) is 17.5. The van der Waals surface area contributed by atoms with Crippen LogP contribution in [-0.4, -0.2) is 37.6 Å². The third-order valence-electron chi connectivity index (χ3n) is 3.79. The Morgan fingerprint density at radius 2 is 1.88 bits per heavy atom. The fourth-order valence-electron chi connectivity index (χ4n) is 2.37. The number of halogens is 4. The van der Waals surface area contributed by atoms with Crippen LogP contribution in [0.5, 0.6) is 5.75 Å². The maximum absolute atomic E-state index is 13.9. The second-order valence-electron chi connectivity index (χ2n) is 5.93. The van der Waals surface area contributed by atoms with Crippen LogP contribution in [0.1, 0.15) is 18.9 Å². The number of nitrogens with zero attached hydrogens (tertiary/aromatic N) is 2. The van der Waals surface area contributed by atoms with Gasteiger partial charge in [-0.2, -0.15) is 13.2 Å². The van der Waals surface area contributed by atoms with Crippen molar-refractivity contribution in [3.05, 3.63) is 42.0 Å². The van der Waals surface area contributed by atoms with Gasteiger partial charge in [0.05, 0.1) is 17.8 Å². The molecule has 0 fully saturated rings. The van der Waals surface area contributed by atoms with E-state index in [1.54, 1.807) is 6.92 Å². The van der Waals surface area contributed by atoms with Crippen LogP contribution in [-0.2, 0) is 21.0 Å². The van der Waals surface area contributed by atoms with Crippen LogP contribution in [0.15, 0.2) is 35.5 Å². The second kappa shape index (κ2) is 10.7. The SMILES string of the molecule is C#C.CCC(=O)O.Nc1cc(F)c2c(c1)N(S(=O)(=O)c1cncc(C(F)(F)F)c1)CCO2. The largest absolute Gasteiger partial charge is 0.486 e. The fourth-order valence-corrected chi connectivity index (χ4v) is 3.80. The molecule has 1 aromatic heterocycles. The number of hydrogen-bond donors (Lipinski definition) is 2. The summed E-state index contributed by atoms with van der Waals surface area (Å²) in [4.78, 5) is 12.0. The lowest BCUT2D eigenvalue weighted by atomic mass is 10.2. The van der Waals surface area contributed by atoms with E-state index in [1.807, 2.05) is 0 Å². The zero-order valence-electron chi connectivity index (χ0n) is 16.6. The van der Waals surface area contributed by atoms with Gasteiger partial charge in [0, 0.05) is 30.6 Å². The molecule has 2 aromatic rings. The summed E-state index contributed by atoms with van der Waals surface area (Å²) < 4.78 is 83.7. The number of sulfonamides is 1. The summed E-state index contributed by atoms with van der Waals surface area (Å²) >= 11 is 0. The molecule has 0 saturated carbocycles. The molecular formula is C19H19F4N3O5S. The average Bonchev–Trinajstić information content (AvgIpc) is 2.74. The van der Waals surface area contributed by atoms with E-state index in [1.165, 1.54) is 6.07 Å². The molecule has 1 aliphatic heterocycles. The summed E-state index contributed by atoms with van der Waals surface area (Å²) in [6.07, 6.45) is 4.78. The molecule has 1 aliphatic rings. The van der Waals surface area contributed by atoms with Gasteiger partial charge in [-0.05, 0) is 12.1 Å². The number of pyridine rings is 1. The smallest absolute Gasteiger partial charge is 0.417 e. The Hall–Kier alpha value is -3.53. The molecule has 1 aromatic carbocycles. The topological polar surface area (TPSA) is 123 Å². The van der Waals surface area contributed by atoms with Crippen molar-refractivity contribution in [1.29, 1.82) is 0 Å². The van der Waals surface area contributed by atoms with Crippen LogP contribution in [0.2, 0.25) is 0 Å². The molecule has 0 amide bonds. The van der Waals surface area contributed by atoms with Crippen molar-refractivity contribution in [2.45, 2.75) is 24.4 Å². The fraction of sp³-hybridized carbons (Fsp3) is 0.263. The Bertz CT molecular complexity index is 1090. The van der Waals surface area contributed by atoms with Crippen LogP contribution in [0, 0.1) is 18.7 Å². The number of terminal acetylenes is 1. The quantitative estimate of drug-likeness (QED) is 0.396. The first kappa shape index (κ1) is 26.5. The van der Waals surface area contributed by atoms with Gasteiger partial charge in [0.2, 0.25) is 0 Å². The molecule has 0 radical (unpaired) electrons. The summed E-state index contributed by atoms with van der Waals surface area (Å²) in [5, 5.41) is 7.72. The van der Waals surface area contributed by atoms with E-state index in [9.17, 15) is 30.8 Å². The lowest BCUT2D eigenvalue weighted by Gasteiger charge is -2.30. The number of fused-ring (bicyclic) bond motifs is 1. The highest BCUT2D eigenvalue weighted by Crippen LogP contribution is 2.39. The molecule has 174 valence electrons. The zero-order chi connectivity index (χ0) is 24.7. The third kappa shape index (κ3) is 6.24. The first-order chi connectivity index (χ1) is 14.9. The number of nitrogen functional groups attached to an aromatic ring is 1. The highest BCUT2D eigenvalue weighted by Gasteiger charge is 2.36. The number of carboxylic acids is 1. The van der Waals surface area contributed by atoms with Crippen LogP contribution < -0.4 is 14.8 Å². The maximum atomic E-state index is 13.9. The highest BCUT2D eigenvalue weighted by atomic mass is 32.2. The predicted molar refractivity (Wildman–Crippen MR) is 108 cm³/mol. The molecule has 13 heteroatoms. The maximum Gasteiger partial charge on any atom is 0.417 e. The van der Waals surface area contributed by atoms with Crippen molar-refractivity contribution in [1.82, 2.24) is 4.98 Å². The van der Waals surface area contributed by atoms with Crippen molar-refractivity contribution in [2.75, 3.05) is 23.2 Å². The molecule has 2 heterocycles. The van der Waals surface area contributed by atoms with Gasteiger partial charge in [-0.3, -0.25) is 14.1 Å². The van der Waals surface area contributed by atoms with Crippen LogP contribution in [0.3, 0.4) is 0 Å². The Balaban J connectivity index is 0.000000646. The molecule has 8 nitrogen and oxygen atoms in total. The van der Waals surface area contributed by atoms with Gasteiger partial charge < -0.3 is 15.6 Å². The van der Waals surface area contributed by atoms with Crippen LogP contribution >= 0.6 is 0 Å². The Morgan fingerprint density at radius 1 is 1.28 bits per heavy atom. The first-order valence-corrected chi connectivity index (χ1v) is 10.1. The van der Waals surface area contributed by atoms with Crippen LogP contribution in [0.25, 0.3) is 0 Å². The van der Waals surface area contributed by atoms with Gasteiger partial charge in [-0.1, -0.05) is 6.92 Å². The number of hydrogen-bond acceptors (Lipinski definition) is 6. The molecule has 0 unspecified atom stereocenters. The number of nitrogens with two attached hydrogens (primary N) is 1. The number of aromatic nitrogens is 1. The second-order valence-corrected chi connectivity index (χ2v) is 7.79. The molecule has 0 spiro atoms. The normalized spacial score (nSPS) is 12.8. The Kier molecular flexibility index (Phi) is 8.84. The molecule has 0 bridgehead atoms. The van der Waals surface area contributed by atoms with Crippen molar-refractivity contribution >= 4 is 27.4 Å². The average molecular weight is 477 g/mol. The predicted octanol–water partition coefficient (Wildman–Crippen LogP) is 3.14. The number of rotatable bonds is 3. The van der Waals surface area contributed by atoms with E-state index >= 15 is 0 Å². The number of benzene rings is 1. The van der Waals surface area contributed by atoms with Crippen molar-refractivity contribution in [3.63, 3.8) is 0 Å². The molecule has 32 heavy (non-hydrogen) atoms. The van der Waals surface area contributed by atoms with E-state index < -0.39 is 38.4 Å². The van der Waals surface area contributed by atoms with E-state index in [-0.39, 0.29) is 36.7 Å². The standard InChI is InChI=1S/C14H11F4N3O3S.C3H6O2.C2H2/c15-11-4-9(19)5-12-13(11)24-2-1-21(12)25(22,23)10-3-8(6-20-7-10)14(16,17)18;1-2-3(4)5;1-2/h3-7H,1-2,19H2;2H2,1H3,(H,4,5);1-2H. The van der Waals surface area contributed by atoms with Crippen molar-refractivity contribution < 1.29 is 40.6 Å². The molecule has 3 N–H and O–H groups in total. The van der Waals surface area contributed by atoms with E-state index in [2.05, 4.69) is 17.8 Å². The summed E-state index contributed by atoms with van der Waals surface area (Å²) in [5.74, 6) is -1.94. The Labute approximate surface area is 181 Å². The van der Waals surface area contributed by atoms with Gasteiger partial charge in [-0.25, -0.2) is 12.8 Å². The van der Waals surface area contributed by atoms with Crippen LogP contribution in [0.4, 0.5) is 28.9 Å². The van der Waals surface area contributed by atoms with Gasteiger partial charge in [0.25, 0.3) is 10.0 Å². The summed E-state index contributed by atoms with van der Waals surface area (Å²) in [6.45, 7) is 1.22. The third-order valence-corrected chi connectivity index (χ3v) is 5.57. The van der Waals surface area contributed by atoms with Crippen molar-refractivity contribution in [3.8, 4) is 18.6 Å². The minimum atomic E-state index is -4.75. The minimum absolute atomic E-state index is 0.0517.